The van der Waals surface area contributed by atoms with Crippen molar-refractivity contribution in [2.75, 3.05) is 13.1 Å². The van der Waals surface area contributed by atoms with Crippen LogP contribution in [-0.2, 0) is 86.2 Å². The number of guanidine groups is 2. The van der Waals surface area contributed by atoms with E-state index < -0.39 is 228 Å². The topological polar surface area (TPSA) is 672 Å². The molecule has 2 aliphatic rings. The van der Waals surface area contributed by atoms with Gasteiger partial charge in [-0.2, -0.15) is 0 Å². The Bertz CT molecular complexity index is 3740. The fraction of sp³-hybridized carbons (Fsp3) is 0.812. The molecule has 786 valence electrons. The Morgan fingerprint density at radius 2 is 0.591 bits per heavy atom. The van der Waals surface area contributed by atoms with Crippen LogP contribution in [0.4, 0.5) is 0 Å². The second-order valence-electron chi connectivity index (χ2n) is 37.6. The highest BCUT2D eigenvalue weighted by Crippen LogP contribution is 2.22. The van der Waals surface area contributed by atoms with E-state index in [0.29, 0.717) is 64.5 Å². The number of amides is 13. The first-order valence-corrected chi connectivity index (χ1v) is 50.4. The Hall–Kier alpha value is -9.90. The van der Waals surface area contributed by atoms with E-state index in [1.807, 2.05) is 0 Å². The summed E-state index contributed by atoms with van der Waals surface area (Å²) < 4.78 is 11.2. The van der Waals surface area contributed by atoms with Crippen LogP contribution in [-0.4, -0.2) is 249 Å². The number of carbonyl (C=O) groups excluding carboxylic acids is 16. The summed E-state index contributed by atoms with van der Waals surface area (Å²) in [6.45, 7) is 24.3. The predicted molar refractivity (Wildman–Crippen MR) is 522 cm³/mol. The first-order valence-electron chi connectivity index (χ1n) is 50.4. The molecule has 137 heavy (non-hydrogen) atoms. The van der Waals surface area contributed by atoms with E-state index in [-0.39, 0.29) is 43.4 Å². The number of carbonyl (C=O) groups is 16. The molecular weight excluding hydrogens is 1770 g/mol. The zero-order valence-corrected chi connectivity index (χ0v) is 84.6. The van der Waals surface area contributed by atoms with Crippen molar-refractivity contribution in [1.29, 1.82) is 0 Å². The lowest BCUT2D eigenvalue weighted by Crippen LogP contribution is -2.63. The van der Waals surface area contributed by atoms with Crippen LogP contribution >= 0.6 is 0 Å². The number of aliphatic hydroxyl groups is 4. The van der Waals surface area contributed by atoms with Crippen LogP contribution in [0, 0.1) is 23.7 Å². The standard InChI is InChI=1S/C49H89N9O11.C47H86N10O11/c1-9-30(3)39-44(64)56-40(31(4)10-2)45(65)58-41(34(7)60)46(66)54-37(27-26-32(5)59)43(63)53-33(6)48(68)69-35(8)42(47(67)57-39)55-38(62)29-36(61)25-23-21-19-17-15-13-11-12-14-16-18-20-22-24-28-52-49(50)51;1-8-28(3)37-42(63)55-38(29(4)9-2)43(64)57-39(31(6)58)44(65)53-34(27-35(48)60)41(62)52-30(5)46(67)68-32(7)40(45(66)56-37)54-36(61)26-33(59)24-22-20-18-16-14-12-10-11-13-15-17-19-21-23-25-51-47(49)50/h30-31,33-37,39-42,60-61H,9-29H2,1-8H3,(H,53,63)(H,54,66)(H,55,62)(H,56,64)(H,57,67)(H,58,65)(H4,50,51,52);28-34,37-40,58-59H,8-27H2,1-7H3,(H2,48,60)(H,52,62)(H,53,65)(H,54,61)(H,55,63)(H,56,66)(H,57,64)(H4,49,50,51). The van der Waals surface area contributed by atoms with Gasteiger partial charge < -0.3 is 127 Å². The van der Waals surface area contributed by atoms with Crippen molar-refractivity contribution in [3.05, 3.63) is 0 Å². The fourth-order valence-electron chi connectivity index (χ4n) is 15.6. The van der Waals surface area contributed by atoms with E-state index in [9.17, 15) is 97.1 Å². The van der Waals surface area contributed by atoms with Crippen LogP contribution in [0.1, 0.15) is 354 Å². The zero-order valence-electron chi connectivity index (χ0n) is 84.6. The average molecular weight is 1950 g/mol. The van der Waals surface area contributed by atoms with Gasteiger partial charge in [0, 0.05) is 19.5 Å². The molecule has 0 aliphatic carbocycles. The monoisotopic (exact) mass is 1950 g/mol. The summed E-state index contributed by atoms with van der Waals surface area (Å²) in [5.41, 5.74) is 26.8. The average Bonchev–Trinajstić information content (AvgIpc) is 1.78. The van der Waals surface area contributed by atoms with E-state index in [1.165, 1.54) is 138 Å². The van der Waals surface area contributed by atoms with Crippen molar-refractivity contribution in [1.82, 2.24) is 63.8 Å². The van der Waals surface area contributed by atoms with Crippen LogP contribution in [0.2, 0.25) is 0 Å². The van der Waals surface area contributed by atoms with Crippen molar-refractivity contribution in [3.63, 3.8) is 0 Å². The number of unbranched alkanes of at least 4 members (excludes halogenated alkanes) is 26. The van der Waals surface area contributed by atoms with Crippen molar-refractivity contribution in [3.8, 4) is 0 Å². The van der Waals surface area contributed by atoms with Crippen molar-refractivity contribution < 1.29 is 107 Å². The molecule has 2 aliphatic heterocycles. The Morgan fingerprint density at radius 3 is 0.854 bits per heavy atom. The number of rotatable bonds is 55. The summed E-state index contributed by atoms with van der Waals surface area (Å²) in [7, 11) is 0. The largest absolute Gasteiger partial charge is 0.458 e. The molecule has 41 nitrogen and oxygen atoms in total. The lowest BCUT2D eigenvalue weighted by atomic mass is 9.94. The van der Waals surface area contributed by atoms with Gasteiger partial charge >= 0.3 is 11.9 Å². The summed E-state index contributed by atoms with van der Waals surface area (Å²) in [5.74, 6) is -15.6. The van der Waals surface area contributed by atoms with Gasteiger partial charge in [-0.05, 0) is 104 Å². The SMILES string of the molecule is CCC(C)C1NC(=O)C(C(C)CC)NC(=O)C(NC(=O)CC(O)CCCCCCCCCCCCCCCCN=C(N)N)C(C)OC(=O)C(C)NC(=O)C(CC(N)=O)NC(=O)C(C(C)O)NC1=O.CCC(C)C1NC(=O)C(C(C)CC)NC(=O)C(NC(=O)CC(O)CCCCCCCCCCCCCCCCN=C(N)N)C(C)OC(=O)C(C)NC(=O)C(CCC(C)=O)NC(=O)C(C(C)O)NC1=O. The normalized spacial score (nSPS) is 24.1. The lowest BCUT2D eigenvalue weighted by molar-refractivity contribution is -0.156. The molecule has 0 aromatic carbocycles. The molecule has 41 heteroatoms. The minimum absolute atomic E-state index is 0.141. The number of hydrogen-bond donors (Lipinski definition) is 21. The number of hydrogen-bond acceptors (Lipinski definition) is 24. The molecule has 2 rings (SSSR count). The van der Waals surface area contributed by atoms with Gasteiger partial charge in [-0.3, -0.25) is 72.3 Å². The number of aliphatic hydroxyl groups excluding tert-OH is 4. The van der Waals surface area contributed by atoms with Gasteiger partial charge in [0.2, 0.25) is 76.8 Å². The summed E-state index contributed by atoms with van der Waals surface area (Å²) in [6, 6.07) is -17.4. The molecular formula is C96H175N19O22. The minimum Gasteiger partial charge on any atom is -0.458 e. The summed E-state index contributed by atoms with van der Waals surface area (Å²) in [4.78, 5) is 224. The molecule has 2 fully saturated rings. The number of primary amides is 1. The van der Waals surface area contributed by atoms with Crippen LogP contribution < -0.4 is 92.5 Å². The molecule has 22 atom stereocenters. The molecule has 0 radical (unpaired) electrons. The van der Waals surface area contributed by atoms with E-state index in [1.54, 1.807) is 55.4 Å². The van der Waals surface area contributed by atoms with Gasteiger partial charge in [-0.15, -0.1) is 0 Å². The van der Waals surface area contributed by atoms with Gasteiger partial charge in [-0.25, -0.2) is 9.59 Å². The lowest BCUT2D eigenvalue weighted by Gasteiger charge is -2.32. The predicted octanol–water partition coefficient (Wildman–Crippen LogP) is 3.66. The summed E-state index contributed by atoms with van der Waals surface area (Å²) >= 11 is 0. The van der Waals surface area contributed by atoms with Crippen LogP contribution in [0.5, 0.6) is 0 Å². The van der Waals surface area contributed by atoms with E-state index in [2.05, 4.69) is 73.8 Å². The van der Waals surface area contributed by atoms with Crippen molar-refractivity contribution in [2.45, 2.75) is 463 Å². The molecule has 22 unspecified atom stereocenters. The second-order valence-corrected chi connectivity index (χ2v) is 37.6. The number of nitrogens with zero attached hydrogens (tertiary/aromatic N) is 2. The molecule has 0 saturated carbocycles. The first kappa shape index (κ1) is 125. The molecule has 0 spiro atoms. The number of ketones is 1. The van der Waals surface area contributed by atoms with Gasteiger partial charge in [-0.1, -0.05) is 248 Å². The number of nitrogens with two attached hydrogens (primary N) is 5. The fourth-order valence-corrected chi connectivity index (χ4v) is 15.6. The highest BCUT2D eigenvalue weighted by molar-refractivity contribution is 6.00. The Morgan fingerprint density at radius 1 is 0.343 bits per heavy atom. The molecule has 2 saturated heterocycles. The molecule has 0 aromatic heterocycles. The smallest absolute Gasteiger partial charge is 0.328 e. The van der Waals surface area contributed by atoms with Gasteiger partial charge in [0.05, 0.1) is 43.7 Å². The Labute approximate surface area is 811 Å². The first-order chi connectivity index (χ1) is 64.7. The summed E-state index contributed by atoms with van der Waals surface area (Å²) in [5, 5.41) is 73.2. The highest BCUT2D eigenvalue weighted by atomic mass is 16.6. The Balaban J connectivity index is 0.00000137. The molecule has 13 amide bonds. The third-order valence-corrected chi connectivity index (χ3v) is 25.2. The number of ether oxygens (including phenoxy) is 2. The zero-order chi connectivity index (χ0) is 103. The van der Waals surface area contributed by atoms with Crippen LogP contribution in [0.25, 0.3) is 0 Å². The molecule has 26 N–H and O–H groups in total. The number of esters is 2. The maximum Gasteiger partial charge on any atom is 0.328 e. The molecule has 2 heterocycles. The number of nitrogens with one attached hydrogen (secondary N) is 12. The molecule has 0 aromatic rings. The van der Waals surface area contributed by atoms with E-state index in [0.717, 1.165) is 77.0 Å². The quantitative estimate of drug-likeness (QED) is 0.0179. The third-order valence-electron chi connectivity index (χ3n) is 25.2. The maximum atomic E-state index is 14.2. The maximum absolute atomic E-state index is 14.2. The molecule has 0 bridgehead atoms. The van der Waals surface area contributed by atoms with Crippen LogP contribution in [0.3, 0.4) is 0 Å². The van der Waals surface area contributed by atoms with Gasteiger partial charge in [0.1, 0.15) is 90.5 Å². The van der Waals surface area contributed by atoms with Gasteiger partial charge in [0.15, 0.2) is 11.9 Å². The highest BCUT2D eigenvalue weighted by Gasteiger charge is 2.43. The number of Topliss-reactive ketones (excluding diaryl/α,β-unsaturated/α-hetero) is 1. The van der Waals surface area contributed by atoms with Crippen molar-refractivity contribution >= 4 is 106 Å². The van der Waals surface area contributed by atoms with E-state index in [4.69, 9.17) is 38.1 Å². The second kappa shape index (κ2) is 70.7. The number of aliphatic imine (C=N–C) groups is 2. The van der Waals surface area contributed by atoms with Crippen LogP contribution in [0.15, 0.2) is 9.98 Å². The minimum atomic E-state index is -1.68. The summed E-state index contributed by atoms with van der Waals surface area (Å²) in [6.07, 6.45) is 23.6. The Kier molecular flexibility index (Phi) is 64.5. The van der Waals surface area contributed by atoms with E-state index >= 15 is 0 Å². The third kappa shape index (κ3) is 53.2. The number of cyclic esters (lactones) is 2. The van der Waals surface area contributed by atoms with Crippen molar-refractivity contribution in [2.24, 2.45) is 62.3 Å². The van der Waals surface area contributed by atoms with Gasteiger partial charge in [0.25, 0.3) is 0 Å².